The Kier molecular flexibility index (Phi) is 7.87. The van der Waals surface area contributed by atoms with Gasteiger partial charge >= 0.3 is 0 Å². The first-order valence-electron chi connectivity index (χ1n) is 7.66. The van der Waals surface area contributed by atoms with Crippen LogP contribution in [0.4, 0.5) is 0 Å². The van der Waals surface area contributed by atoms with Crippen LogP contribution >= 0.6 is 0 Å². The van der Waals surface area contributed by atoms with E-state index in [9.17, 15) is 0 Å². The van der Waals surface area contributed by atoms with Gasteiger partial charge in [0.2, 0.25) is 0 Å². The molecular weight excluding hydrogens is 226 g/mol. The summed E-state index contributed by atoms with van der Waals surface area (Å²) in [4.78, 5) is 0. The highest BCUT2D eigenvalue weighted by molar-refractivity contribution is 4.73. The van der Waals surface area contributed by atoms with E-state index < -0.39 is 0 Å². The van der Waals surface area contributed by atoms with Crippen molar-refractivity contribution in [3.63, 3.8) is 0 Å². The van der Waals surface area contributed by atoms with Crippen LogP contribution in [0.2, 0.25) is 0 Å². The molecule has 1 fully saturated rings. The summed E-state index contributed by atoms with van der Waals surface area (Å²) in [5, 5.41) is 3.51. The fraction of sp³-hybridized carbons (Fsp3) is 1.00. The molecule has 0 bridgehead atoms. The van der Waals surface area contributed by atoms with Crippen molar-refractivity contribution in [3.05, 3.63) is 0 Å². The van der Waals surface area contributed by atoms with Crippen molar-refractivity contribution in [2.24, 2.45) is 0 Å². The molecule has 0 saturated carbocycles. The molecule has 3 atom stereocenters. The molecule has 1 N–H and O–H groups in total. The lowest BCUT2D eigenvalue weighted by atomic mass is 10.0. The van der Waals surface area contributed by atoms with Crippen LogP contribution in [-0.2, 0) is 9.47 Å². The summed E-state index contributed by atoms with van der Waals surface area (Å²) < 4.78 is 11.7. The molecule has 18 heavy (non-hydrogen) atoms. The number of hydrogen-bond donors (Lipinski definition) is 1. The molecule has 0 aliphatic carbocycles. The molecular formula is C15H31NO2. The van der Waals surface area contributed by atoms with Crippen molar-refractivity contribution >= 4 is 0 Å². The molecule has 1 aliphatic heterocycles. The summed E-state index contributed by atoms with van der Waals surface area (Å²) in [6.45, 7) is 10.7. The van der Waals surface area contributed by atoms with E-state index in [4.69, 9.17) is 9.47 Å². The standard InChI is InChI=1S/C15H31NO2/c1-5-14(16-6-2)8-7-9-17-15-10-12(3)18-13(4)11-15/h12-16H,5-11H2,1-4H3. The third kappa shape index (κ3) is 6.17. The Labute approximate surface area is 113 Å². The highest BCUT2D eigenvalue weighted by atomic mass is 16.5. The molecule has 3 nitrogen and oxygen atoms in total. The van der Waals surface area contributed by atoms with Crippen LogP contribution in [0.3, 0.4) is 0 Å². The van der Waals surface area contributed by atoms with Crippen LogP contribution in [0, 0.1) is 0 Å². The molecule has 0 amide bonds. The highest BCUT2D eigenvalue weighted by Gasteiger charge is 2.24. The molecule has 0 aromatic carbocycles. The van der Waals surface area contributed by atoms with Crippen LogP contribution < -0.4 is 5.32 Å². The van der Waals surface area contributed by atoms with E-state index >= 15 is 0 Å². The van der Waals surface area contributed by atoms with Crippen molar-refractivity contribution in [1.82, 2.24) is 5.32 Å². The average Bonchev–Trinajstić information content (AvgIpc) is 2.32. The average molecular weight is 257 g/mol. The van der Waals surface area contributed by atoms with Crippen molar-refractivity contribution in [2.75, 3.05) is 13.2 Å². The minimum atomic E-state index is 0.351. The minimum absolute atomic E-state index is 0.351. The first-order valence-corrected chi connectivity index (χ1v) is 7.66. The van der Waals surface area contributed by atoms with Crippen LogP contribution in [0.25, 0.3) is 0 Å². The first kappa shape index (κ1) is 15.9. The molecule has 108 valence electrons. The van der Waals surface area contributed by atoms with Gasteiger partial charge in [0.25, 0.3) is 0 Å². The number of ether oxygens (including phenoxy) is 2. The van der Waals surface area contributed by atoms with Crippen molar-refractivity contribution in [1.29, 1.82) is 0 Å². The lowest BCUT2D eigenvalue weighted by Gasteiger charge is -2.32. The van der Waals surface area contributed by atoms with Gasteiger partial charge in [-0.2, -0.15) is 0 Å². The summed E-state index contributed by atoms with van der Waals surface area (Å²) in [6, 6.07) is 0.658. The second-order valence-electron chi connectivity index (χ2n) is 5.53. The molecule has 0 aromatic rings. The Morgan fingerprint density at radius 2 is 1.89 bits per heavy atom. The van der Waals surface area contributed by atoms with E-state index in [0.29, 0.717) is 24.4 Å². The maximum absolute atomic E-state index is 5.99. The molecule has 1 saturated heterocycles. The summed E-state index contributed by atoms with van der Waals surface area (Å²) in [6.07, 6.45) is 6.79. The van der Waals surface area contributed by atoms with Crippen molar-refractivity contribution < 1.29 is 9.47 Å². The number of nitrogens with one attached hydrogen (secondary N) is 1. The van der Waals surface area contributed by atoms with Gasteiger partial charge in [-0.1, -0.05) is 13.8 Å². The summed E-state index contributed by atoms with van der Waals surface area (Å²) in [5.74, 6) is 0. The molecule has 0 radical (unpaired) electrons. The SMILES string of the molecule is CCNC(CC)CCCOC1CC(C)OC(C)C1. The maximum atomic E-state index is 5.99. The Bertz CT molecular complexity index is 201. The largest absolute Gasteiger partial charge is 0.378 e. The highest BCUT2D eigenvalue weighted by Crippen LogP contribution is 2.21. The summed E-state index contributed by atoms with van der Waals surface area (Å²) in [7, 11) is 0. The molecule has 1 aliphatic rings. The fourth-order valence-electron chi connectivity index (χ4n) is 2.80. The maximum Gasteiger partial charge on any atom is 0.0624 e. The molecule has 3 unspecified atom stereocenters. The van der Waals surface area contributed by atoms with E-state index in [2.05, 4.69) is 33.0 Å². The molecule has 0 aromatic heterocycles. The molecule has 0 spiro atoms. The predicted molar refractivity (Wildman–Crippen MR) is 76.0 cm³/mol. The van der Waals surface area contributed by atoms with Crippen LogP contribution in [-0.4, -0.2) is 37.5 Å². The smallest absolute Gasteiger partial charge is 0.0624 e. The quantitative estimate of drug-likeness (QED) is 0.678. The van der Waals surface area contributed by atoms with Crippen LogP contribution in [0.1, 0.15) is 59.8 Å². The molecule has 1 rings (SSSR count). The Morgan fingerprint density at radius 1 is 1.22 bits per heavy atom. The van der Waals surface area contributed by atoms with Gasteiger partial charge < -0.3 is 14.8 Å². The summed E-state index contributed by atoms with van der Waals surface area (Å²) in [5.41, 5.74) is 0. The van der Waals surface area contributed by atoms with Gasteiger partial charge in [0.15, 0.2) is 0 Å². The van der Waals surface area contributed by atoms with Gasteiger partial charge in [-0.15, -0.1) is 0 Å². The van der Waals surface area contributed by atoms with Gasteiger partial charge in [0.05, 0.1) is 18.3 Å². The monoisotopic (exact) mass is 257 g/mol. The second kappa shape index (κ2) is 8.89. The third-order valence-corrected chi connectivity index (χ3v) is 3.69. The van der Waals surface area contributed by atoms with Gasteiger partial charge in [-0.05, 0) is 52.5 Å². The zero-order valence-electron chi connectivity index (χ0n) is 12.6. The lowest BCUT2D eigenvalue weighted by Crippen LogP contribution is -2.34. The van der Waals surface area contributed by atoms with Gasteiger partial charge in [0.1, 0.15) is 0 Å². The van der Waals surface area contributed by atoms with Gasteiger partial charge in [-0.25, -0.2) is 0 Å². The van der Waals surface area contributed by atoms with E-state index in [0.717, 1.165) is 32.4 Å². The zero-order chi connectivity index (χ0) is 13.4. The summed E-state index contributed by atoms with van der Waals surface area (Å²) >= 11 is 0. The lowest BCUT2D eigenvalue weighted by molar-refractivity contribution is -0.102. The van der Waals surface area contributed by atoms with Gasteiger partial charge in [-0.3, -0.25) is 0 Å². The Morgan fingerprint density at radius 3 is 2.44 bits per heavy atom. The Hall–Kier alpha value is -0.120. The number of hydrogen-bond acceptors (Lipinski definition) is 3. The second-order valence-corrected chi connectivity index (χ2v) is 5.53. The normalized spacial score (nSPS) is 30.3. The first-order chi connectivity index (χ1) is 8.65. The van der Waals surface area contributed by atoms with E-state index in [-0.39, 0.29) is 0 Å². The molecule has 1 heterocycles. The minimum Gasteiger partial charge on any atom is -0.378 e. The Balaban J connectivity index is 2.09. The van der Waals surface area contributed by atoms with Gasteiger partial charge in [0, 0.05) is 12.6 Å². The fourth-order valence-corrected chi connectivity index (χ4v) is 2.80. The zero-order valence-corrected chi connectivity index (χ0v) is 12.6. The molecule has 3 heteroatoms. The topological polar surface area (TPSA) is 30.5 Å². The van der Waals surface area contributed by atoms with E-state index in [1.54, 1.807) is 0 Å². The van der Waals surface area contributed by atoms with Crippen molar-refractivity contribution in [2.45, 2.75) is 84.2 Å². The van der Waals surface area contributed by atoms with Crippen LogP contribution in [0.15, 0.2) is 0 Å². The predicted octanol–water partition coefficient (Wildman–Crippen LogP) is 3.13. The van der Waals surface area contributed by atoms with Crippen molar-refractivity contribution in [3.8, 4) is 0 Å². The van der Waals surface area contributed by atoms with Crippen LogP contribution in [0.5, 0.6) is 0 Å². The van der Waals surface area contributed by atoms with E-state index in [1.165, 1.54) is 12.8 Å². The van der Waals surface area contributed by atoms with E-state index in [1.807, 2.05) is 0 Å². The third-order valence-electron chi connectivity index (χ3n) is 3.69. The number of rotatable bonds is 8.